The molecule has 3 rings (SSSR count). The summed E-state index contributed by atoms with van der Waals surface area (Å²) in [5, 5.41) is 4.48. The second kappa shape index (κ2) is 6.31. The van der Waals surface area contributed by atoms with E-state index in [1.807, 2.05) is 18.2 Å². The van der Waals surface area contributed by atoms with Gasteiger partial charge in [-0.15, -0.1) is 0 Å². The van der Waals surface area contributed by atoms with Gasteiger partial charge < -0.3 is 19.2 Å². The molecule has 0 spiro atoms. The summed E-state index contributed by atoms with van der Waals surface area (Å²) in [7, 11) is 4.53. The fourth-order valence-corrected chi connectivity index (χ4v) is 3.43. The van der Waals surface area contributed by atoms with E-state index in [4.69, 9.17) is 14.2 Å². The van der Waals surface area contributed by atoms with Crippen molar-refractivity contribution in [3.63, 3.8) is 0 Å². The number of ether oxygens (including phenoxy) is 3. The molecule has 6 heteroatoms. The molecule has 0 fully saturated rings. The first-order valence-electron chi connectivity index (χ1n) is 7.65. The molecular weight excluding hydrogens is 296 g/mol. The van der Waals surface area contributed by atoms with Crippen molar-refractivity contribution < 1.29 is 19.0 Å². The topological polar surface area (TPSA) is 72.6 Å². The number of methoxy groups -OCH3 is 3. The summed E-state index contributed by atoms with van der Waals surface area (Å²) in [6, 6.07) is 8.07. The summed E-state index contributed by atoms with van der Waals surface area (Å²) in [5.74, 6) is -0.343. The molecule has 1 aliphatic rings. The van der Waals surface area contributed by atoms with Crippen LogP contribution in [0.2, 0.25) is 0 Å². The van der Waals surface area contributed by atoms with Crippen LogP contribution in [0.4, 0.5) is 0 Å². The first-order chi connectivity index (χ1) is 11.2. The van der Waals surface area contributed by atoms with Crippen LogP contribution in [0.1, 0.15) is 17.7 Å². The molecule has 0 saturated heterocycles. The average molecular weight is 318 g/mol. The number of benzene rings is 1. The number of fused-ring (bicyclic) bond motifs is 3. The van der Waals surface area contributed by atoms with Crippen LogP contribution in [0.5, 0.6) is 0 Å². The maximum atomic E-state index is 12.7. The maximum Gasteiger partial charge on any atom is 0.332 e. The molecule has 0 aliphatic carbocycles. The van der Waals surface area contributed by atoms with Gasteiger partial charge in [-0.05, 0) is 18.1 Å². The zero-order chi connectivity index (χ0) is 16.4. The number of hydrogen-bond acceptors (Lipinski definition) is 5. The van der Waals surface area contributed by atoms with Crippen molar-refractivity contribution in [2.75, 3.05) is 27.9 Å². The standard InChI is InChI=1S/C17H22N2O4/c1-21-14(22-2)10-17(16(20)23-3)15-12(8-9-18-17)11-6-4-5-7-13(11)19-15/h4-7,14,18-19H,8-10H2,1-3H3/t17-/m0/s1. The first kappa shape index (κ1) is 16.0. The average Bonchev–Trinajstić information content (AvgIpc) is 2.98. The lowest BCUT2D eigenvalue weighted by atomic mass is 9.83. The number of esters is 1. The summed E-state index contributed by atoms with van der Waals surface area (Å²) in [6.07, 6.45) is 0.661. The molecule has 1 atom stereocenters. The largest absolute Gasteiger partial charge is 0.467 e. The van der Waals surface area contributed by atoms with E-state index in [0.717, 1.165) is 28.6 Å². The Hall–Kier alpha value is -1.89. The van der Waals surface area contributed by atoms with Gasteiger partial charge in [0, 0.05) is 38.1 Å². The van der Waals surface area contributed by atoms with Crippen LogP contribution in [-0.2, 0) is 31.0 Å². The Bertz CT molecular complexity index is 708. The molecule has 1 aromatic heterocycles. The number of carbonyl (C=O) groups is 1. The molecule has 1 aliphatic heterocycles. The van der Waals surface area contributed by atoms with Gasteiger partial charge in [0.25, 0.3) is 0 Å². The summed E-state index contributed by atoms with van der Waals surface area (Å²) in [4.78, 5) is 16.1. The van der Waals surface area contributed by atoms with Gasteiger partial charge in [0.2, 0.25) is 0 Å². The van der Waals surface area contributed by atoms with Gasteiger partial charge in [-0.1, -0.05) is 18.2 Å². The normalized spacial score (nSPS) is 20.7. The van der Waals surface area contributed by atoms with E-state index in [0.29, 0.717) is 13.0 Å². The summed E-state index contributed by atoms with van der Waals surface area (Å²) < 4.78 is 15.8. The quantitative estimate of drug-likeness (QED) is 0.648. The zero-order valence-electron chi connectivity index (χ0n) is 13.6. The van der Waals surface area contributed by atoms with E-state index in [1.54, 1.807) is 14.2 Å². The van der Waals surface area contributed by atoms with Crippen molar-refractivity contribution in [3.05, 3.63) is 35.5 Å². The highest BCUT2D eigenvalue weighted by Gasteiger charge is 2.48. The highest BCUT2D eigenvalue weighted by atomic mass is 16.7. The minimum atomic E-state index is -1.00. The lowest BCUT2D eigenvalue weighted by molar-refractivity contribution is -0.161. The van der Waals surface area contributed by atoms with Crippen LogP contribution in [-0.4, -0.2) is 45.1 Å². The minimum absolute atomic E-state index is 0.326. The molecule has 0 saturated carbocycles. The Morgan fingerprint density at radius 1 is 1.26 bits per heavy atom. The van der Waals surface area contributed by atoms with Crippen LogP contribution in [0.25, 0.3) is 10.9 Å². The summed E-state index contributed by atoms with van der Waals surface area (Å²) in [6.45, 7) is 0.685. The second-order valence-electron chi connectivity index (χ2n) is 5.70. The van der Waals surface area contributed by atoms with E-state index in [2.05, 4.69) is 16.4 Å². The highest BCUT2D eigenvalue weighted by Crippen LogP contribution is 2.37. The van der Waals surface area contributed by atoms with Gasteiger partial charge in [0.05, 0.1) is 12.8 Å². The Morgan fingerprint density at radius 2 is 2.00 bits per heavy atom. The first-order valence-corrected chi connectivity index (χ1v) is 7.65. The number of rotatable bonds is 5. The van der Waals surface area contributed by atoms with E-state index < -0.39 is 11.8 Å². The number of para-hydroxylation sites is 1. The third-order valence-electron chi connectivity index (χ3n) is 4.57. The van der Waals surface area contributed by atoms with Crippen molar-refractivity contribution in [1.29, 1.82) is 0 Å². The van der Waals surface area contributed by atoms with Gasteiger partial charge in [-0.2, -0.15) is 0 Å². The molecule has 2 N–H and O–H groups in total. The molecule has 23 heavy (non-hydrogen) atoms. The molecule has 0 bridgehead atoms. The van der Waals surface area contributed by atoms with Crippen LogP contribution < -0.4 is 5.32 Å². The number of aromatic nitrogens is 1. The van der Waals surface area contributed by atoms with Crippen LogP contribution >= 0.6 is 0 Å². The molecule has 2 aromatic rings. The SMILES string of the molecule is COC(=O)[C@@]1(CC(OC)OC)NCCc2c1[nH]c1ccccc21. The number of nitrogens with one attached hydrogen (secondary N) is 2. The van der Waals surface area contributed by atoms with E-state index in [-0.39, 0.29) is 5.97 Å². The zero-order valence-corrected chi connectivity index (χ0v) is 13.6. The lowest BCUT2D eigenvalue weighted by Gasteiger charge is -2.37. The molecular formula is C17H22N2O4. The van der Waals surface area contributed by atoms with E-state index in [1.165, 1.54) is 7.11 Å². The number of hydrogen-bond donors (Lipinski definition) is 2. The fourth-order valence-electron chi connectivity index (χ4n) is 3.43. The van der Waals surface area contributed by atoms with E-state index in [9.17, 15) is 4.79 Å². The number of aromatic amines is 1. The maximum absolute atomic E-state index is 12.7. The monoisotopic (exact) mass is 318 g/mol. The Balaban J connectivity index is 2.16. The van der Waals surface area contributed by atoms with Crippen LogP contribution in [0.15, 0.2) is 24.3 Å². The second-order valence-corrected chi connectivity index (χ2v) is 5.70. The number of carbonyl (C=O) groups excluding carboxylic acids is 1. The Labute approximate surface area is 135 Å². The third kappa shape index (κ3) is 2.52. The third-order valence-corrected chi connectivity index (χ3v) is 4.57. The smallest absolute Gasteiger partial charge is 0.332 e. The summed E-state index contributed by atoms with van der Waals surface area (Å²) in [5.41, 5.74) is 2.00. The van der Waals surface area contributed by atoms with E-state index >= 15 is 0 Å². The predicted octanol–water partition coefficient (Wildman–Crippen LogP) is 1.69. The van der Waals surface area contributed by atoms with Gasteiger partial charge in [-0.3, -0.25) is 5.32 Å². The molecule has 6 nitrogen and oxygen atoms in total. The lowest BCUT2D eigenvalue weighted by Crippen LogP contribution is -2.55. The molecule has 0 amide bonds. The Morgan fingerprint density at radius 3 is 2.70 bits per heavy atom. The van der Waals surface area contributed by atoms with Crippen molar-refractivity contribution in [2.45, 2.75) is 24.7 Å². The number of H-pyrrole nitrogens is 1. The fraction of sp³-hybridized carbons (Fsp3) is 0.471. The molecule has 1 aromatic carbocycles. The minimum Gasteiger partial charge on any atom is -0.467 e. The molecule has 2 heterocycles. The van der Waals surface area contributed by atoms with Crippen molar-refractivity contribution >= 4 is 16.9 Å². The van der Waals surface area contributed by atoms with Crippen LogP contribution in [0.3, 0.4) is 0 Å². The predicted molar refractivity (Wildman–Crippen MR) is 86.1 cm³/mol. The molecule has 0 radical (unpaired) electrons. The van der Waals surface area contributed by atoms with Crippen molar-refractivity contribution in [2.24, 2.45) is 0 Å². The van der Waals surface area contributed by atoms with Gasteiger partial charge >= 0.3 is 5.97 Å². The van der Waals surface area contributed by atoms with Gasteiger partial charge in [-0.25, -0.2) is 4.79 Å². The van der Waals surface area contributed by atoms with Gasteiger partial charge in [0.15, 0.2) is 11.8 Å². The summed E-state index contributed by atoms with van der Waals surface area (Å²) >= 11 is 0. The molecule has 0 unspecified atom stereocenters. The molecule has 124 valence electrons. The van der Waals surface area contributed by atoms with Crippen molar-refractivity contribution in [1.82, 2.24) is 10.3 Å². The Kier molecular flexibility index (Phi) is 4.39. The highest BCUT2D eigenvalue weighted by molar-refractivity contribution is 5.90. The van der Waals surface area contributed by atoms with Crippen LogP contribution in [0, 0.1) is 0 Å². The van der Waals surface area contributed by atoms with Crippen molar-refractivity contribution in [3.8, 4) is 0 Å². The van der Waals surface area contributed by atoms with Gasteiger partial charge in [0.1, 0.15) is 0 Å².